The minimum absolute atomic E-state index is 0.321. The minimum atomic E-state index is 0.321. The first kappa shape index (κ1) is 15.0. The maximum atomic E-state index is 5.96. The van der Waals surface area contributed by atoms with Gasteiger partial charge in [-0.15, -0.1) is 0 Å². The van der Waals surface area contributed by atoms with Crippen LogP contribution in [0.1, 0.15) is 53.9 Å². The van der Waals surface area contributed by atoms with Crippen LogP contribution < -0.4 is 5.73 Å². The highest BCUT2D eigenvalue weighted by atomic mass is 15.2. The van der Waals surface area contributed by atoms with Crippen molar-refractivity contribution in [3.63, 3.8) is 0 Å². The lowest BCUT2D eigenvalue weighted by atomic mass is 9.80. The Bertz CT molecular complexity index is 232. The van der Waals surface area contributed by atoms with Crippen LogP contribution in [0.3, 0.4) is 0 Å². The van der Waals surface area contributed by atoms with Crippen LogP contribution in [-0.2, 0) is 0 Å². The molecule has 0 bridgehead atoms. The summed E-state index contributed by atoms with van der Waals surface area (Å²) in [5.41, 5.74) is 6.74. The van der Waals surface area contributed by atoms with Gasteiger partial charge in [0.05, 0.1) is 0 Å². The summed E-state index contributed by atoms with van der Waals surface area (Å²) in [5, 5.41) is 0. The molecule has 2 heteroatoms. The molecule has 0 radical (unpaired) electrons. The molecule has 17 heavy (non-hydrogen) atoms. The molecule has 1 aliphatic heterocycles. The van der Waals surface area contributed by atoms with E-state index < -0.39 is 0 Å². The van der Waals surface area contributed by atoms with Crippen LogP contribution >= 0.6 is 0 Å². The molecule has 0 amide bonds. The monoisotopic (exact) mass is 240 g/mol. The first-order valence-electron chi connectivity index (χ1n) is 7.23. The predicted molar refractivity (Wildman–Crippen MR) is 76.1 cm³/mol. The van der Waals surface area contributed by atoms with Crippen molar-refractivity contribution in [3.05, 3.63) is 0 Å². The molecule has 0 aliphatic carbocycles. The maximum absolute atomic E-state index is 5.96. The second-order valence-corrected chi connectivity index (χ2v) is 7.35. The molecule has 1 fully saturated rings. The van der Waals surface area contributed by atoms with Gasteiger partial charge < -0.3 is 10.6 Å². The second kappa shape index (κ2) is 5.71. The van der Waals surface area contributed by atoms with E-state index in [1.165, 1.54) is 38.9 Å². The Balaban J connectivity index is 2.49. The Morgan fingerprint density at radius 1 is 1.24 bits per heavy atom. The van der Waals surface area contributed by atoms with E-state index in [-0.39, 0.29) is 0 Å². The number of hydrogen-bond acceptors (Lipinski definition) is 2. The quantitative estimate of drug-likeness (QED) is 0.800. The normalized spacial score (nSPS) is 26.1. The molecule has 0 spiro atoms. The molecule has 102 valence electrons. The SMILES string of the molecule is CCCC(C)(CN)CN1CCC(C(C)(C)C)C1. The van der Waals surface area contributed by atoms with Gasteiger partial charge in [-0.3, -0.25) is 0 Å². The van der Waals surface area contributed by atoms with Crippen molar-refractivity contribution >= 4 is 0 Å². The van der Waals surface area contributed by atoms with Crippen molar-refractivity contribution < 1.29 is 0 Å². The van der Waals surface area contributed by atoms with Crippen molar-refractivity contribution in [2.24, 2.45) is 22.5 Å². The predicted octanol–water partition coefficient (Wildman–Crippen LogP) is 3.12. The molecule has 1 rings (SSSR count). The molecule has 1 aliphatic rings. The zero-order valence-electron chi connectivity index (χ0n) is 12.6. The molecular weight excluding hydrogens is 208 g/mol. The molecule has 2 unspecified atom stereocenters. The summed E-state index contributed by atoms with van der Waals surface area (Å²) in [5.74, 6) is 0.853. The van der Waals surface area contributed by atoms with E-state index in [0.717, 1.165) is 12.5 Å². The van der Waals surface area contributed by atoms with Gasteiger partial charge in [-0.05, 0) is 42.7 Å². The number of nitrogens with two attached hydrogens (primary N) is 1. The standard InChI is InChI=1S/C15H32N2/c1-6-8-15(5,11-16)12-17-9-7-13(10-17)14(2,3)4/h13H,6-12,16H2,1-5H3. The first-order valence-corrected chi connectivity index (χ1v) is 7.23. The van der Waals surface area contributed by atoms with E-state index in [9.17, 15) is 0 Å². The molecule has 1 saturated heterocycles. The second-order valence-electron chi connectivity index (χ2n) is 7.35. The van der Waals surface area contributed by atoms with Gasteiger partial charge in [0.1, 0.15) is 0 Å². The third-order valence-electron chi connectivity index (χ3n) is 4.45. The van der Waals surface area contributed by atoms with E-state index in [1.54, 1.807) is 0 Å². The van der Waals surface area contributed by atoms with Crippen LogP contribution in [0.4, 0.5) is 0 Å². The van der Waals surface area contributed by atoms with Crippen LogP contribution in [0.25, 0.3) is 0 Å². The molecule has 0 saturated carbocycles. The molecule has 2 nitrogen and oxygen atoms in total. The Morgan fingerprint density at radius 2 is 1.88 bits per heavy atom. The molecule has 0 aromatic rings. The number of rotatable bonds is 5. The van der Waals surface area contributed by atoms with Gasteiger partial charge >= 0.3 is 0 Å². The van der Waals surface area contributed by atoms with Gasteiger partial charge in [0.25, 0.3) is 0 Å². The summed E-state index contributed by atoms with van der Waals surface area (Å²) in [6.45, 7) is 16.3. The van der Waals surface area contributed by atoms with Gasteiger partial charge in [-0.1, -0.05) is 41.0 Å². The Labute approximate surface area is 108 Å². The minimum Gasteiger partial charge on any atom is -0.330 e. The lowest BCUT2D eigenvalue weighted by Crippen LogP contribution is -2.40. The zero-order chi connectivity index (χ0) is 13.1. The van der Waals surface area contributed by atoms with Crippen molar-refractivity contribution in [3.8, 4) is 0 Å². The number of hydrogen-bond donors (Lipinski definition) is 1. The lowest BCUT2D eigenvalue weighted by molar-refractivity contribution is 0.164. The van der Waals surface area contributed by atoms with Crippen LogP contribution in [0.5, 0.6) is 0 Å². The third-order valence-corrected chi connectivity index (χ3v) is 4.45. The van der Waals surface area contributed by atoms with E-state index in [0.29, 0.717) is 10.8 Å². The van der Waals surface area contributed by atoms with Crippen molar-refractivity contribution in [1.29, 1.82) is 0 Å². The molecule has 2 N–H and O–H groups in total. The van der Waals surface area contributed by atoms with Crippen LogP contribution in [0, 0.1) is 16.7 Å². The highest BCUT2D eigenvalue weighted by Gasteiger charge is 2.34. The van der Waals surface area contributed by atoms with Crippen molar-refractivity contribution in [2.75, 3.05) is 26.2 Å². The fourth-order valence-electron chi connectivity index (χ4n) is 3.07. The zero-order valence-corrected chi connectivity index (χ0v) is 12.6. The van der Waals surface area contributed by atoms with Crippen molar-refractivity contribution in [1.82, 2.24) is 4.90 Å². The van der Waals surface area contributed by atoms with Crippen LogP contribution in [-0.4, -0.2) is 31.1 Å². The average molecular weight is 240 g/mol. The van der Waals surface area contributed by atoms with Crippen LogP contribution in [0.15, 0.2) is 0 Å². The summed E-state index contributed by atoms with van der Waals surface area (Å²) in [6, 6.07) is 0. The van der Waals surface area contributed by atoms with Gasteiger partial charge in [-0.25, -0.2) is 0 Å². The fraction of sp³-hybridized carbons (Fsp3) is 1.00. The maximum Gasteiger partial charge on any atom is 0.00475 e. The summed E-state index contributed by atoms with van der Waals surface area (Å²) >= 11 is 0. The number of nitrogens with zero attached hydrogens (tertiary/aromatic N) is 1. The van der Waals surface area contributed by atoms with E-state index >= 15 is 0 Å². The lowest BCUT2D eigenvalue weighted by Gasteiger charge is -2.33. The van der Waals surface area contributed by atoms with Crippen molar-refractivity contribution in [2.45, 2.75) is 53.9 Å². The topological polar surface area (TPSA) is 29.3 Å². The average Bonchev–Trinajstić information content (AvgIpc) is 2.66. The summed E-state index contributed by atoms with van der Waals surface area (Å²) < 4.78 is 0. The van der Waals surface area contributed by atoms with Gasteiger partial charge in [0, 0.05) is 13.1 Å². The first-order chi connectivity index (χ1) is 7.80. The largest absolute Gasteiger partial charge is 0.330 e. The summed E-state index contributed by atoms with van der Waals surface area (Å²) in [7, 11) is 0. The molecule has 0 aromatic heterocycles. The van der Waals surface area contributed by atoms with Crippen LogP contribution in [0.2, 0.25) is 0 Å². The smallest absolute Gasteiger partial charge is 0.00475 e. The van der Waals surface area contributed by atoms with Gasteiger partial charge in [-0.2, -0.15) is 0 Å². The number of likely N-dealkylation sites (tertiary alicyclic amines) is 1. The summed E-state index contributed by atoms with van der Waals surface area (Å²) in [6.07, 6.45) is 3.85. The molecule has 1 heterocycles. The molecular formula is C15H32N2. The molecule has 2 atom stereocenters. The van der Waals surface area contributed by atoms with E-state index in [4.69, 9.17) is 5.73 Å². The van der Waals surface area contributed by atoms with Gasteiger partial charge in [0.15, 0.2) is 0 Å². The molecule has 0 aromatic carbocycles. The third kappa shape index (κ3) is 4.26. The van der Waals surface area contributed by atoms with Gasteiger partial charge in [0.2, 0.25) is 0 Å². The van der Waals surface area contributed by atoms with E-state index in [2.05, 4.69) is 39.5 Å². The van der Waals surface area contributed by atoms with E-state index in [1.807, 2.05) is 0 Å². The highest BCUT2D eigenvalue weighted by Crippen LogP contribution is 2.35. The summed E-state index contributed by atoms with van der Waals surface area (Å²) in [4.78, 5) is 2.64. The Kier molecular flexibility index (Phi) is 5.03. The highest BCUT2D eigenvalue weighted by molar-refractivity contribution is 4.87. The fourth-order valence-corrected chi connectivity index (χ4v) is 3.07. The Morgan fingerprint density at radius 3 is 2.29 bits per heavy atom. The Hall–Kier alpha value is -0.0800.